The minimum absolute atomic E-state index is 0.0228. The van der Waals surface area contributed by atoms with E-state index in [1.54, 1.807) is 0 Å². The molecule has 1 heterocycles. The highest BCUT2D eigenvalue weighted by atomic mass is 16.3. The van der Waals surface area contributed by atoms with Gasteiger partial charge in [-0.2, -0.15) is 0 Å². The van der Waals surface area contributed by atoms with Crippen LogP contribution in [0.25, 0.3) is 0 Å². The summed E-state index contributed by atoms with van der Waals surface area (Å²) in [5, 5.41) is 12.5. The van der Waals surface area contributed by atoms with Gasteiger partial charge in [0.2, 0.25) is 5.91 Å². The van der Waals surface area contributed by atoms with E-state index in [9.17, 15) is 9.90 Å². The number of hydrogen-bond donors (Lipinski definition) is 2. The molecule has 1 aliphatic heterocycles. The molecule has 0 unspecified atom stereocenters. The van der Waals surface area contributed by atoms with Gasteiger partial charge in [-0.1, -0.05) is 29.8 Å². The number of nitrogens with one attached hydrogen (secondary N) is 1. The van der Waals surface area contributed by atoms with Crippen molar-refractivity contribution in [1.82, 2.24) is 10.2 Å². The van der Waals surface area contributed by atoms with Gasteiger partial charge in [-0.15, -0.1) is 0 Å². The molecule has 1 aromatic rings. The Bertz CT molecular complexity index is 417. The molecule has 19 heavy (non-hydrogen) atoms. The monoisotopic (exact) mass is 262 g/mol. The highest BCUT2D eigenvalue weighted by Gasteiger charge is 2.19. The lowest BCUT2D eigenvalue weighted by molar-refractivity contribution is -0.123. The summed E-state index contributed by atoms with van der Waals surface area (Å²) in [6.07, 6.45) is 1.53. The number of rotatable bonds is 4. The minimum Gasteiger partial charge on any atom is -0.392 e. The summed E-state index contributed by atoms with van der Waals surface area (Å²) in [6, 6.07) is 8.14. The van der Waals surface area contributed by atoms with Crippen molar-refractivity contribution in [1.29, 1.82) is 0 Å². The fourth-order valence-electron chi connectivity index (χ4n) is 2.34. The van der Waals surface area contributed by atoms with E-state index >= 15 is 0 Å². The number of carbonyl (C=O) groups is 1. The number of likely N-dealkylation sites (tertiary alicyclic amines) is 1. The summed E-state index contributed by atoms with van der Waals surface area (Å²) in [5.41, 5.74) is 2.33. The minimum atomic E-state index is -0.279. The average molecular weight is 262 g/mol. The van der Waals surface area contributed by atoms with Crippen LogP contribution in [0.15, 0.2) is 24.3 Å². The molecule has 0 saturated carbocycles. The van der Waals surface area contributed by atoms with Gasteiger partial charge in [0.1, 0.15) is 0 Å². The fourth-order valence-corrected chi connectivity index (χ4v) is 2.34. The molecule has 0 aromatic heterocycles. The molecule has 0 radical (unpaired) electrons. The highest BCUT2D eigenvalue weighted by molar-refractivity contribution is 5.78. The number of benzene rings is 1. The van der Waals surface area contributed by atoms with Crippen molar-refractivity contribution in [3.8, 4) is 0 Å². The van der Waals surface area contributed by atoms with Crippen LogP contribution in [0.4, 0.5) is 0 Å². The van der Waals surface area contributed by atoms with Crippen molar-refractivity contribution in [2.75, 3.05) is 19.6 Å². The molecule has 1 aliphatic rings. The number of β-amino-alcohol motifs (C(OH)–C–C–N with tert-alkyl or cyclic N) is 1. The Morgan fingerprint density at radius 3 is 2.84 bits per heavy atom. The maximum absolute atomic E-state index is 11.8. The second-order valence-corrected chi connectivity index (χ2v) is 5.29. The van der Waals surface area contributed by atoms with Crippen LogP contribution in [0.2, 0.25) is 0 Å². The smallest absolute Gasteiger partial charge is 0.234 e. The summed E-state index contributed by atoms with van der Waals surface area (Å²) < 4.78 is 0. The van der Waals surface area contributed by atoms with Crippen molar-refractivity contribution >= 4 is 5.91 Å². The van der Waals surface area contributed by atoms with E-state index in [0.717, 1.165) is 24.9 Å². The number of carbonyl (C=O) groups excluding carboxylic acids is 1. The summed E-state index contributed by atoms with van der Waals surface area (Å²) in [4.78, 5) is 13.8. The zero-order valence-corrected chi connectivity index (χ0v) is 11.4. The van der Waals surface area contributed by atoms with E-state index in [1.807, 2.05) is 36.1 Å². The van der Waals surface area contributed by atoms with Gasteiger partial charge in [0.25, 0.3) is 0 Å². The second kappa shape index (κ2) is 6.68. The number of nitrogens with zero attached hydrogens (tertiary/aromatic N) is 1. The van der Waals surface area contributed by atoms with E-state index in [2.05, 4.69) is 5.32 Å². The standard InChI is InChI=1S/C15H22N2O2/c1-12-4-6-13(7-5-12)9-16-15(19)11-17-8-2-3-14(18)10-17/h4-7,14,18H,2-3,8-11H2,1H3,(H,16,19)/t14-/m0/s1. The van der Waals surface area contributed by atoms with Crippen LogP contribution in [-0.4, -0.2) is 41.7 Å². The zero-order chi connectivity index (χ0) is 13.7. The van der Waals surface area contributed by atoms with Crippen molar-refractivity contribution in [2.24, 2.45) is 0 Å². The highest BCUT2D eigenvalue weighted by Crippen LogP contribution is 2.09. The number of aliphatic hydroxyl groups excluding tert-OH is 1. The van der Waals surface area contributed by atoms with Crippen molar-refractivity contribution in [3.05, 3.63) is 35.4 Å². The summed E-state index contributed by atoms with van der Waals surface area (Å²) in [5.74, 6) is 0.0228. The molecular weight excluding hydrogens is 240 g/mol. The molecule has 104 valence electrons. The molecule has 4 heteroatoms. The summed E-state index contributed by atoms with van der Waals surface area (Å²) in [7, 11) is 0. The van der Waals surface area contributed by atoms with Crippen LogP contribution >= 0.6 is 0 Å². The third kappa shape index (κ3) is 4.65. The van der Waals surface area contributed by atoms with Crippen LogP contribution in [-0.2, 0) is 11.3 Å². The van der Waals surface area contributed by atoms with Crippen LogP contribution < -0.4 is 5.32 Å². The predicted octanol–water partition coefficient (Wildman–Crippen LogP) is 1.07. The Morgan fingerprint density at radius 2 is 2.16 bits per heavy atom. The van der Waals surface area contributed by atoms with Crippen LogP contribution in [0.1, 0.15) is 24.0 Å². The third-order valence-corrected chi connectivity index (χ3v) is 3.46. The molecule has 2 rings (SSSR count). The zero-order valence-electron chi connectivity index (χ0n) is 11.4. The van der Waals surface area contributed by atoms with Crippen molar-refractivity contribution in [2.45, 2.75) is 32.4 Å². The Balaban J connectivity index is 1.73. The van der Waals surface area contributed by atoms with Crippen LogP contribution in [0, 0.1) is 6.92 Å². The van der Waals surface area contributed by atoms with E-state index < -0.39 is 0 Å². The number of hydrogen-bond acceptors (Lipinski definition) is 3. The second-order valence-electron chi connectivity index (χ2n) is 5.29. The van der Waals surface area contributed by atoms with E-state index in [4.69, 9.17) is 0 Å². The predicted molar refractivity (Wildman–Crippen MR) is 74.7 cm³/mol. The van der Waals surface area contributed by atoms with Crippen molar-refractivity contribution < 1.29 is 9.90 Å². The number of aryl methyl sites for hydroxylation is 1. The molecule has 0 bridgehead atoms. The first-order valence-corrected chi connectivity index (χ1v) is 6.86. The van der Waals surface area contributed by atoms with Gasteiger partial charge >= 0.3 is 0 Å². The topological polar surface area (TPSA) is 52.6 Å². The average Bonchev–Trinajstić information content (AvgIpc) is 2.38. The fraction of sp³-hybridized carbons (Fsp3) is 0.533. The van der Waals surface area contributed by atoms with Gasteiger partial charge in [-0.25, -0.2) is 0 Å². The quantitative estimate of drug-likeness (QED) is 0.853. The Labute approximate surface area is 114 Å². The molecule has 0 aliphatic carbocycles. The van der Waals surface area contributed by atoms with Gasteiger partial charge in [-0.3, -0.25) is 9.69 Å². The first-order valence-electron chi connectivity index (χ1n) is 6.86. The molecule has 2 N–H and O–H groups in total. The first kappa shape index (κ1) is 14.0. The third-order valence-electron chi connectivity index (χ3n) is 3.46. The Hall–Kier alpha value is -1.39. The molecule has 1 amide bonds. The van der Waals surface area contributed by atoms with Crippen molar-refractivity contribution in [3.63, 3.8) is 0 Å². The number of aliphatic hydroxyl groups is 1. The lowest BCUT2D eigenvalue weighted by Crippen LogP contribution is -2.44. The molecule has 1 aromatic carbocycles. The lowest BCUT2D eigenvalue weighted by atomic mass is 10.1. The van der Waals surface area contributed by atoms with Crippen LogP contribution in [0.3, 0.4) is 0 Å². The van der Waals surface area contributed by atoms with Gasteiger partial charge in [-0.05, 0) is 31.9 Å². The van der Waals surface area contributed by atoms with E-state index in [-0.39, 0.29) is 12.0 Å². The van der Waals surface area contributed by atoms with E-state index in [0.29, 0.717) is 19.6 Å². The maximum Gasteiger partial charge on any atom is 0.234 e. The summed E-state index contributed by atoms with van der Waals surface area (Å²) in [6.45, 7) is 4.50. The van der Waals surface area contributed by atoms with Gasteiger partial charge < -0.3 is 10.4 Å². The Kier molecular flexibility index (Phi) is 4.93. The molecule has 1 fully saturated rings. The molecule has 1 saturated heterocycles. The van der Waals surface area contributed by atoms with Gasteiger partial charge in [0.05, 0.1) is 12.6 Å². The van der Waals surface area contributed by atoms with E-state index in [1.165, 1.54) is 5.56 Å². The SMILES string of the molecule is Cc1ccc(CNC(=O)CN2CCC[C@H](O)C2)cc1. The summed E-state index contributed by atoms with van der Waals surface area (Å²) >= 11 is 0. The molecular formula is C15H22N2O2. The van der Waals surface area contributed by atoms with Gasteiger partial charge in [0, 0.05) is 13.1 Å². The largest absolute Gasteiger partial charge is 0.392 e. The first-order chi connectivity index (χ1) is 9.13. The Morgan fingerprint density at radius 1 is 1.42 bits per heavy atom. The lowest BCUT2D eigenvalue weighted by Gasteiger charge is -2.29. The number of amides is 1. The van der Waals surface area contributed by atoms with Crippen LogP contribution in [0.5, 0.6) is 0 Å². The molecule has 1 atom stereocenters. The number of piperidine rings is 1. The maximum atomic E-state index is 11.8. The molecule has 4 nitrogen and oxygen atoms in total. The normalized spacial score (nSPS) is 20.2. The van der Waals surface area contributed by atoms with Gasteiger partial charge in [0.15, 0.2) is 0 Å². The molecule has 0 spiro atoms.